The highest BCUT2D eigenvalue weighted by Gasteiger charge is 2.12. The zero-order chi connectivity index (χ0) is 15.9. The van der Waals surface area contributed by atoms with E-state index in [1.54, 1.807) is 0 Å². The quantitative estimate of drug-likeness (QED) is 0.567. The second kappa shape index (κ2) is 5.90. The normalized spacial score (nSPS) is 11.0. The van der Waals surface area contributed by atoms with Gasteiger partial charge in [0.1, 0.15) is 0 Å². The highest BCUT2D eigenvalue weighted by atomic mass is 79.9. The Labute approximate surface area is 143 Å². The first kappa shape index (κ1) is 15.3. The van der Waals surface area contributed by atoms with E-state index in [-0.39, 0.29) is 0 Å². The van der Waals surface area contributed by atoms with Crippen molar-refractivity contribution in [3.63, 3.8) is 0 Å². The second-order valence-corrected chi connectivity index (χ2v) is 6.78. The largest absolute Gasteiger partial charge is 0.353 e. The molecule has 3 rings (SSSR count). The van der Waals surface area contributed by atoms with E-state index in [1.165, 1.54) is 11.1 Å². The van der Waals surface area contributed by atoms with Gasteiger partial charge in [0.15, 0.2) is 0 Å². The first-order valence-corrected chi connectivity index (χ1v) is 8.22. The number of aromatic nitrogens is 1. The molecule has 0 saturated carbocycles. The van der Waals surface area contributed by atoms with E-state index in [9.17, 15) is 0 Å². The summed E-state index contributed by atoms with van der Waals surface area (Å²) in [5.74, 6) is 0. The van der Waals surface area contributed by atoms with E-state index in [0.29, 0.717) is 5.02 Å². The molecule has 0 spiro atoms. The number of nitrogens with one attached hydrogen (secondary N) is 1. The summed E-state index contributed by atoms with van der Waals surface area (Å²) in [7, 11) is 0. The summed E-state index contributed by atoms with van der Waals surface area (Å²) in [4.78, 5) is 4.57. The van der Waals surface area contributed by atoms with E-state index in [4.69, 9.17) is 11.6 Å². The molecule has 2 nitrogen and oxygen atoms in total. The highest BCUT2D eigenvalue weighted by molar-refractivity contribution is 9.10. The predicted molar refractivity (Wildman–Crippen MR) is 98.4 cm³/mol. The lowest BCUT2D eigenvalue weighted by molar-refractivity contribution is 1.25. The van der Waals surface area contributed by atoms with Crippen LogP contribution in [0.1, 0.15) is 16.8 Å². The van der Waals surface area contributed by atoms with Crippen molar-refractivity contribution < 1.29 is 0 Å². The average molecular weight is 376 g/mol. The zero-order valence-corrected chi connectivity index (χ0v) is 15.0. The molecule has 0 aliphatic carbocycles. The summed E-state index contributed by atoms with van der Waals surface area (Å²) in [5.41, 5.74) is 6.11. The monoisotopic (exact) mass is 374 g/mol. The summed E-state index contributed by atoms with van der Waals surface area (Å²) in [6.07, 6.45) is 0. The molecule has 3 aromatic rings. The van der Waals surface area contributed by atoms with Crippen LogP contribution in [0.25, 0.3) is 10.9 Å². The Balaban J connectivity index is 2.23. The summed E-state index contributed by atoms with van der Waals surface area (Å²) in [6, 6.07) is 12.4. The molecule has 22 heavy (non-hydrogen) atoms. The van der Waals surface area contributed by atoms with Crippen molar-refractivity contribution in [3.05, 3.63) is 62.7 Å². The minimum atomic E-state index is 0.659. The van der Waals surface area contributed by atoms with Crippen molar-refractivity contribution in [1.29, 1.82) is 0 Å². The van der Waals surface area contributed by atoms with E-state index in [0.717, 1.165) is 32.4 Å². The Kier molecular flexibility index (Phi) is 4.11. The number of hydrogen-bond acceptors (Lipinski definition) is 2. The van der Waals surface area contributed by atoms with E-state index in [2.05, 4.69) is 58.3 Å². The lowest BCUT2D eigenvalue weighted by Crippen LogP contribution is -1.99. The molecule has 0 unspecified atom stereocenters. The molecule has 0 atom stereocenters. The zero-order valence-electron chi connectivity index (χ0n) is 12.7. The van der Waals surface area contributed by atoms with Gasteiger partial charge in [-0.3, -0.25) is 4.98 Å². The minimum Gasteiger partial charge on any atom is -0.353 e. The van der Waals surface area contributed by atoms with Crippen molar-refractivity contribution in [3.8, 4) is 0 Å². The summed E-state index contributed by atoms with van der Waals surface area (Å²) < 4.78 is 1.01. The lowest BCUT2D eigenvalue weighted by atomic mass is 10.1. The smallest absolute Gasteiger partial charge is 0.0860 e. The molecule has 0 amide bonds. The van der Waals surface area contributed by atoms with Crippen LogP contribution < -0.4 is 5.32 Å². The Morgan fingerprint density at radius 1 is 1.05 bits per heavy atom. The topological polar surface area (TPSA) is 24.9 Å². The molecule has 0 aliphatic rings. The molecule has 4 heteroatoms. The number of fused-ring (bicyclic) bond motifs is 1. The van der Waals surface area contributed by atoms with E-state index >= 15 is 0 Å². The number of benzene rings is 2. The molecule has 112 valence electrons. The first-order chi connectivity index (χ1) is 10.5. The van der Waals surface area contributed by atoms with Gasteiger partial charge in [0.05, 0.1) is 21.9 Å². The van der Waals surface area contributed by atoms with Gasteiger partial charge >= 0.3 is 0 Å². The molecule has 0 aliphatic heterocycles. The SMILES string of the molecule is Cc1ccc(C)c(Nc2c(Cl)c(C)nc3ccc(Br)cc23)c1. The maximum Gasteiger partial charge on any atom is 0.0860 e. The molecule has 0 saturated heterocycles. The Bertz CT molecular complexity index is 875. The summed E-state index contributed by atoms with van der Waals surface area (Å²) >= 11 is 10.0. The van der Waals surface area contributed by atoms with Crippen LogP contribution in [0.4, 0.5) is 11.4 Å². The van der Waals surface area contributed by atoms with Crippen molar-refractivity contribution in [1.82, 2.24) is 4.98 Å². The first-order valence-electron chi connectivity index (χ1n) is 7.05. The number of aryl methyl sites for hydroxylation is 3. The second-order valence-electron chi connectivity index (χ2n) is 5.49. The molecule has 1 heterocycles. The van der Waals surface area contributed by atoms with Crippen LogP contribution in [-0.2, 0) is 0 Å². The molecule has 0 bridgehead atoms. The summed E-state index contributed by atoms with van der Waals surface area (Å²) in [6.45, 7) is 6.10. The third kappa shape index (κ3) is 2.83. The number of pyridine rings is 1. The van der Waals surface area contributed by atoms with Crippen LogP contribution in [0.2, 0.25) is 5.02 Å². The number of anilines is 2. The van der Waals surface area contributed by atoms with Gasteiger partial charge in [-0.2, -0.15) is 0 Å². The van der Waals surface area contributed by atoms with Gasteiger partial charge in [0, 0.05) is 15.5 Å². The van der Waals surface area contributed by atoms with Gasteiger partial charge in [0.25, 0.3) is 0 Å². The Morgan fingerprint density at radius 2 is 1.82 bits per heavy atom. The van der Waals surface area contributed by atoms with Crippen LogP contribution in [0.5, 0.6) is 0 Å². The maximum absolute atomic E-state index is 6.53. The van der Waals surface area contributed by atoms with Gasteiger partial charge in [-0.25, -0.2) is 0 Å². The standard InChI is InChI=1S/C18H16BrClN2/c1-10-4-5-11(2)16(8-10)22-18-14-9-13(19)6-7-15(14)21-12(3)17(18)20/h4-9H,1-3H3,(H,21,22). The van der Waals surface area contributed by atoms with Crippen LogP contribution in [0, 0.1) is 20.8 Å². The maximum atomic E-state index is 6.53. The summed E-state index contributed by atoms with van der Waals surface area (Å²) in [5, 5.41) is 5.16. The molecule has 2 aromatic carbocycles. The molecule has 1 N–H and O–H groups in total. The number of nitrogens with zero attached hydrogens (tertiary/aromatic N) is 1. The Morgan fingerprint density at radius 3 is 2.59 bits per heavy atom. The number of hydrogen-bond donors (Lipinski definition) is 1. The van der Waals surface area contributed by atoms with Gasteiger partial charge in [-0.15, -0.1) is 0 Å². The van der Waals surface area contributed by atoms with E-state index in [1.807, 2.05) is 25.1 Å². The predicted octanol–water partition coefficient (Wildman–Crippen LogP) is 6.32. The molecular weight excluding hydrogens is 360 g/mol. The van der Waals surface area contributed by atoms with E-state index < -0.39 is 0 Å². The van der Waals surface area contributed by atoms with Crippen molar-refractivity contribution >= 4 is 49.8 Å². The van der Waals surface area contributed by atoms with Gasteiger partial charge in [-0.1, -0.05) is 39.7 Å². The third-order valence-corrected chi connectivity index (χ3v) is 4.66. The van der Waals surface area contributed by atoms with Crippen LogP contribution in [-0.4, -0.2) is 4.98 Å². The van der Waals surface area contributed by atoms with Gasteiger partial charge in [-0.05, 0) is 56.2 Å². The average Bonchev–Trinajstić information content (AvgIpc) is 2.48. The third-order valence-electron chi connectivity index (χ3n) is 3.71. The number of rotatable bonds is 2. The molecule has 1 aromatic heterocycles. The fourth-order valence-electron chi connectivity index (χ4n) is 2.46. The van der Waals surface area contributed by atoms with Crippen molar-refractivity contribution in [2.45, 2.75) is 20.8 Å². The minimum absolute atomic E-state index is 0.659. The van der Waals surface area contributed by atoms with Crippen molar-refractivity contribution in [2.24, 2.45) is 0 Å². The van der Waals surface area contributed by atoms with Crippen LogP contribution in [0.3, 0.4) is 0 Å². The van der Waals surface area contributed by atoms with Crippen molar-refractivity contribution in [2.75, 3.05) is 5.32 Å². The fraction of sp³-hybridized carbons (Fsp3) is 0.167. The van der Waals surface area contributed by atoms with Crippen LogP contribution >= 0.6 is 27.5 Å². The number of halogens is 2. The lowest BCUT2D eigenvalue weighted by Gasteiger charge is -2.16. The van der Waals surface area contributed by atoms with Crippen LogP contribution in [0.15, 0.2) is 40.9 Å². The molecular formula is C18H16BrClN2. The Hall–Kier alpha value is -1.58. The van der Waals surface area contributed by atoms with Gasteiger partial charge < -0.3 is 5.32 Å². The molecule has 0 radical (unpaired) electrons. The molecule has 0 fully saturated rings. The van der Waals surface area contributed by atoms with Gasteiger partial charge in [0.2, 0.25) is 0 Å². The highest BCUT2D eigenvalue weighted by Crippen LogP contribution is 2.36. The fourth-order valence-corrected chi connectivity index (χ4v) is 3.01.